The van der Waals surface area contributed by atoms with Gasteiger partial charge in [0.1, 0.15) is 11.5 Å². The Bertz CT molecular complexity index is 1090. The van der Waals surface area contributed by atoms with Gasteiger partial charge in [-0.2, -0.15) is 0 Å². The molecule has 0 spiro atoms. The van der Waals surface area contributed by atoms with E-state index in [9.17, 15) is 15.0 Å². The third kappa shape index (κ3) is 3.45. The summed E-state index contributed by atoms with van der Waals surface area (Å²) in [5.74, 6) is -1.42. The molecule has 0 heterocycles. The van der Waals surface area contributed by atoms with Crippen molar-refractivity contribution < 1.29 is 19.7 Å². The van der Waals surface area contributed by atoms with E-state index in [0.29, 0.717) is 25.8 Å². The molecule has 4 rings (SSSR count). The van der Waals surface area contributed by atoms with Gasteiger partial charge in [0.05, 0.1) is 5.41 Å². The zero-order chi connectivity index (χ0) is 24.0. The van der Waals surface area contributed by atoms with Gasteiger partial charge in [-0.15, -0.1) is 0 Å². The Labute approximate surface area is 196 Å². The minimum absolute atomic E-state index is 0.0389. The first-order valence-corrected chi connectivity index (χ1v) is 11.7. The smallest absolute Gasteiger partial charge is 0.185 e. The van der Waals surface area contributed by atoms with E-state index in [1.54, 1.807) is 12.1 Å². The van der Waals surface area contributed by atoms with Gasteiger partial charge in [0.15, 0.2) is 5.79 Å². The minimum atomic E-state index is -1.49. The summed E-state index contributed by atoms with van der Waals surface area (Å²) >= 11 is 0. The van der Waals surface area contributed by atoms with Crippen molar-refractivity contribution in [3.05, 3.63) is 65.7 Å². The summed E-state index contributed by atoms with van der Waals surface area (Å²) in [4.78, 5) is 13.7. The number of carbonyl (C=O) groups excluding carboxylic acids is 1. The predicted octanol–water partition coefficient (Wildman–Crippen LogP) is 4.61. The molecule has 2 bridgehead atoms. The lowest BCUT2D eigenvalue weighted by molar-refractivity contribution is -0.252. The number of Topliss-reactive ketones (excluding diaryl/α,β-unsaturated/α-hetero) is 1. The number of methoxy groups -OCH3 is 1. The average molecular weight is 450 g/mol. The molecular weight excluding hydrogens is 414 g/mol. The SMILES string of the molecule is C=C1[C@@H]2CC[C@@](C(=O)CCc3cccc(-c4cc(O)cc(CNC)c4)c3)(C1(C)C)[C@]2(O)OC. The average Bonchev–Trinajstić information content (AvgIpc) is 3.16. The van der Waals surface area contributed by atoms with E-state index in [1.165, 1.54) is 7.11 Å². The van der Waals surface area contributed by atoms with Crippen LogP contribution in [0.5, 0.6) is 5.75 Å². The number of fused-ring (bicyclic) bond motifs is 2. The van der Waals surface area contributed by atoms with Crippen LogP contribution in [0.4, 0.5) is 0 Å². The number of aryl methyl sites for hydroxylation is 1. The van der Waals surface area contributed by atoms with Crippen molar-refractivity contribution in [1.82, 2.24) is 5.32 Å². The lowest BCUT2D eigenvalue weighted by Crippen LogP contribution is -2.55. The number of phenols is 1. The Morgan fingerprint density at radius 1 is 1.18 bits per heavy atom. The maximum Gasteiger partial charge on any atom is 0.185 e. The molecule has 33 heavy (non-hydrogen) atoms. The van der Waals surface area contributed by atoms with Gasteiger partial charge in [0.25, 0.3) is 0 Å². The van der Waals surface area contributed by atoms with Crippen LogP contribution in [0.3, 0.4) is 0 Å². The van der Waals surface area contributed by atoms with Crippen molar-refractivity contribution in [2.24, 2.45) is 16.7 Å². The molecule has 0 amide bonds. The van der Waals surface area contributed by atoms with Crippen LogP contribution in [0, 0.1) is 16.7 Å². The van der Waals surface area contributed by atoms with Crippen LogP contribution >= 0.6 is 0 Å². The Kier molecular flexibility index (Phi) is 6.02. The lowest BCUT2D eigenvalue weighted by atomic mass is 9.59. The van der Waals surface area contributed by atoms with Crippen LogP contribution in [-0.2, 0) is 22.5 Å². The highest BCUT2D eigenvalue weighted by molar-refractivity contribution is 5.89. The first kappa shape index (κ1) is 23.7. The van der Waals surface area contributed by atoms with E-state index >= 15 is 0 Å². The Morgan fingerprint density at radius 2 is 1.91 bits per heavy atom. The number of hydrogen-bond acceptors (Lipinski definition) is 5. The fourth-order valence-corrected chi connectivity index (χ4v) is 6.44. The summed E-state index contributed by atoms with van der Waals surface area (Å²) in [5, 5.41) is 24.7. The number of ketones is 1. The molecular formula is C28H35NO4. The van der Waals surface area contributed by atoms with Crippen molar-refractivity contribution in [2.75, 3.05) is 14.2 Å². The number of nitrogens with one attached hydrogen (secondary N) is 1. The van der Waals surface area contributed by atoms with Crippen molar-refractivity contribution in [3.8, 4) is 16.9 Å². The number of aliphatic hydroxyl groups is 1. The molecule has 2 aromatic carbocycles. The molecule has 2 saturated carbocycles. The largest absolute Gasteiger partial charge is 0.508 e. The molecule has 176 valence electrons. The van der Waals surface area contributed by atoms with Crippen molar-refractivity contribution in [1.29, 1.82) is 0 Å². The maximum absolute atomic E-state index is 13.7. The number of ether oxygens (including phenoxy) is 1. The molecule has 0 aromatic heterocycles. The second kappa shape index (κ2) is 8.39. The van der Waals surface area contributed by atoms with Crippen LogP contribution in [-0.4, -0.2) is 35.9 Å². The summed E-state index contributed by atoms with van der Waals surface area (Å²) in [5.41, 5.74) is 3.40. The molecule has 0 aliphatic heterocycles. The summed E-state index contributed by atoms with van der Waals surface area (Å²) in [7, 11) is 3.37. The zero-order valence-electron chi connectivity index (χ0n) is 20.1. The van der Waals surface area contributed by atoms with Gasteiger partial charge < -0.3 is 20.3 Å². The third-order valence-electron chi connectivity index (χ3n) is 8.23. The second-order valence-corrected chi connectivity index (χ2v) is 10.1. The van der Waals surface area contributed by atoms with E-state index in [1.807, 2.05) is 39.1 Å². The van der Waals surface area contributed by atoms with Gasteiger partial charge in [-0.25, -0.2) is 0 Å². The fourth-order valence-electron chi connectivity index (χ4n) is 6.44. The van der Waals surface area contributed by atoms with Crippen molar-refractivity contribution in [3.63, 3.8) is 0 Å². The highest BCUT2D eigenvalue weighted by atomic mass is 16.6. The van der Waals surface area contributed by atoms with Crippen LogP contribution in [0.15, 0.2) is 54.6 Å². The van der Waals surface area contributed by atoms with E-state index in [2.05, 4.69) is 24.0 Å². The number of rotatable bonds is 8. The highest BCUT2D eigenvalue weighted by Gasteiger charge is 2.76. The Morgan fingerprint density at radius 3 is 2.61 bits per heavy atom. The van der Waals surface area contributed by atoms with E-state index in [0.717, 1.165) is 34.2 Å². The fraction of sp³-hybridized carbons (Fsp3) is 0.464. The number of aromatic hydroxyl groups is 1. The second-order valence-electron chi connectivity index (χ2n) is 10.1. The number of carbonyl (C=O) groups is 1. The van der Waals surface area contributed by atoms with E-state index in [-0.39, 0.29) is 17.5 Å². The quantitative estimate of drug-likeness (QED) is 0.405. The van der Waals surface area contributed by atoms with Crippen molar-refractivity contribution in [2.45, 2.75) is 51.9 Å². The molecule has 2 fully saturated rings. The van der Waals surface area contributed by atoms with Gasteiger partial charge in [0, 0.05) is 31.4 Å². The van der Waals surface area contributed by atoms with Gasteiger partial charge in [-0.1, -0.05) is 50.3 Å². The summed E-state index contributed by atoms with van der Waals surface area (Å²) in [6, 6.07) is 13.7. The van der Waals surface area contributed by atoms with E-state index in [4.69, 9.17) is 4.74 Å². The van der Waals surface area contributed by atoms with Crippen LogP contribution in [0.2, 0.25) is 0 Å². The van der Waals surface area contributed by atoms with Crippen LogP contribution < -0.4 is 5.32 Å². The number of phenolic OH excluding ortho intramolecular Hbond substituents is 1. The van der Waals surface area contributed by atoms with Gasteiger partial charge >= 0.3 is 0 Å². The predicted molar refractivity (Wildman–Crippen MR) is 130 cm³/mol. The van der Waals surface area contributed by atoms with Gasteiger partial charge in [0.2, 0.25) is 0 Å². The first-order valence-electron chi connectivity index (χ1n) is 11.7. The number of benzene rings is 2. The third-order valence-corrected chi connectivity index (χ3v) is 8.23. The molecule has 5 heteroatoms. The topological polar surface area (TPSA) is 78.8 Å². The van der Waals surface area contributed by atoms with Gasteiger partial charge in [-0.3, -0.25) is 4.79 Å². The molecule has 0 unspecified atom stereocenters. The van der Waals surface area contributed by atoms with E-state index < -0.39 is 16.6 Å². The first-order chi connectivity index (χ1) is 15.6. The number of hydrogen-bond donors (Lipinski definition) is 3. The Balaban J connectivity index is 1.57. The summed E-state index contributed by atoms with van der Waals surface area (Å²) in [6.45, 7) is 8.93. The lowest BCUT2D eigenvalue weighted by Gasteiger charge is -2.45. The molecule has 3 atom stereocenters. The molecule has 2 aliphatic carbocycles. The maximum atomic E-state index is 13.7. The van der Waals surface area contributed by atoms with Gasteiger partial charge in [-0.05, 0) is 66.8 Å². The molecule has 0 saturated heterocycles. The monoisotopic (exact) mass is 449 g/mol. The normalized spacial score (nSPS) is 27.8. The molecule has 0 radical (unpaired) electrons. The minimum Gasteiger partial charge on any atom is -0.508 e. The van der Waals surface area contributed by atoms with Crippen LogP contribution in [0.25, 0.3) is 11.1 Å². The van der Waals surface area contributed by atoms with Crippen molar-refractivity contribution >= 4 is 5.78 Å². The Hall–Kier alpha value is -2.47. The standard InChI is InChI=1S/C28H35NO4/c1-18-24-11-12-27(26(18,2)3,28(24,32)33-5)25(31)10-9-19-7-6-8-21(13-19)22-14-20(17-29-4)15-23(30)16-22/h6-8,13-16,24,29-30,32H,1,9-12,17H2,2-5H3/t24-,27+,28+/m0/s1. The zero-order valence-corrected chi connectivity index (χ0v) is 20.1. The molecule has 5 nitrogen and oxygen atoms in total. The van der Waals surface area contributed by atoms with Crippen LogP contribution in [0.1, 0.15) is 44.2 Å². The molecule has 2 aromatic rings. The summed E-state index contributed by atoms with van der Waals surface area (Å²) < 4.78 is 5.63. The summed E-state index contributed by atoms with van der Waals surface area (Å²) in [6.07, 6.45) is 2.23. The molecule has 3 N–H and O–H groups in total. The molecule has 2 aliphatic rings. The highest BCUT2D eigenvalue weighted by Crippen LogP contribution is 2.72.